The van der Waals surface area contributed by atoms with Gasteiger partial charge in [-0.3, -0.25) is 4.79 Å². The molecule has 2 rings (SSSR count). The van der Waals surface area contributed by atoms with Gasteiger partial charge in [-0.2, -0.15) is 0 Å². The van der Waals surface area contributed by atoms with Crippen molar-refractivity contribution in [2.75, 3.05) is 5.32 Å². The van der Waals surface area contributed by atoms with Gasteiger partial charge in [0.1, 0.15) is 17.4 Å². The van der Waals surface area contributed by atoms with E-state index >= 15 is 0 Å². The van der Waals surface area contributed by atoms with Crippen LogP contribution in [0.3, 0.4) is 0 Å². The molecular formula is C13H7BrClF2NO2. The molecule has 0 saturated carbocycles. The maximum atomic E-state index is 13.5. The second kappa shape index (κ2) is 5.76. The Balaban J connectivity index is 2.32. The van der Waals surface area contributed by atoms with Crippen LogP contribution in [-0.4, -0.2) is 11.0 Å². The Morgan fingerprint density at radius 1 is 1.20 bits per heavy atom. The van der Waals surface area contributed by atoms with Crippen LogP contribution in [0.4, 0.5) is 14.5 Å². The normalized spacial score (nSPS) is 10.4. The summed E-state index contributed by atoms with van der Waals surface area (Å²) >= 11 is 8.71. The summed E-state index contributed by atoms with van der Waals surface area (Å²) in [6, 6.07) is 5.54. The van der Waals surface area contributed by atoms with Crippen LogP contribution in [0, 0.1) is 11.6 Å². The second-order valence-electron chi connectivity index (χ2n) is 3.86. The van der Waals surface area contributed by atoms with E-state index in [-0.39, 0.29) is 26.5 Å². The lowest BCUT2D eigenvalue weighted by atomic mass is 10.2. The molecule has 2 aromatic carbocycles. The van der Waals surface area contributed by atoms with Gasteiger partial charge in [-0.25, -0.2) is 8.78 Å². The van der Waals surface area contributed by atoms with Gasteiger partial charge < -0.3 is 10.4 Å². The summed E-state index contributed by atoms with van der Waals surface area (Å²) in [6.07, 6.45) is 0. The average Bonchev–Trinajstić information content (AvgIpc) is 2.38. The zero-order valence-corrected chi connectivity index (χ0v) is 12.1. The van der Waals surface area contributed by atoms with Gasteiger partial charge in [-0.1, -0.05) is 11.6 Å². The van der Waals surface area contributed by atoms with Crippen LogP contribution in [-0.2, 0) is 0 Å². The van der Waals surface area contributed by atoms with E-state index in [0.29, 0.717) is 6.07 Å². The SMILES string of the molecule is O=C(Nc1cc(Br)c(F)cc1F)c1cc(O)ccc1Cl. The van der Waals surface area contributed by atoms with Gasteiger partial charge in [0, 0.05) is 6.07 Å². The summed E-state index contributed by atoms with van der Waals surface area (Å²) in [7, 11) is 0. The molecule has 0 aliphatic rings. The highest BCUT2D eigenvalue weighted by Gasteiger charge is 2.15. The molecule has 0 atom stereocenters. The van der Waals surface area contributed by atoms with Crippen molar-refractivity contribution < 1.29 is 18.7 Å². The topological polar surface area (TPSA) is 49.3 Å². The van der Waals surface area contributed by atoms with E-state index < -0.39 is 17.5 Å². The summed E-state index contributed by atoms with van der Waals surface area (Å²) in [5.41, 5.74) is -0.228. The van der Waals surface area contributed by atoms with Crippen LogP contribution in [0.15, 0.2) is 34.8 Å². The molecule has 0 saturated heterocycles. The molecule has 0 heterocycles. The van der Waals surface area contributed by atoms with Crippen molar-refractivity contribution in [2.24, 2.45) is 0 Å². The lowest BCUT2D eigenvalue weighted by Gasteiger charge is -2.09. The number of halogens is 4. The smallest absolute Gasteiger partial charge is 0.257 e. The van der Waals surface area contributed by atoms with E-state index in [0.717, 1.165) is 12.1 Å². The van der Waals surface area contributed by atoms with Crippen LogP contribution in [0.25, 0.3) is 0 Å². The lowest BCUT2D eigenvalue weighted by Crippen LogP contribution is -2.13. The molecule has 104 valence electrons. The van der Waals surface area contributed by atoms with Crippen molar-refractivity contribution in [1.82, 2.24) is 0 Å². The Labute approximate surface area is 126 Å². The fourth-order valence-electron chi connectivity index (χ4n) is 1.50. The molecule has 0 aliphatic carbocycles. The number of amides is 1. The van der Waals surface area contributed by atoms with Crippen molar-refractivity contribution in [2.45, 2.75) is 0 Å². The summed E-state index contributed by atoms with van der Waals surface area (Å²) in [6.45, 7) is 0. The van der Waals surface area contributed by atoms with Gasteiger partial charge in [0.15, 0.2) is 0 Å². The Hall–Kier alpha value is -1.66. The zero-order chi connectivity index (χ0) is 14.9. The van der Waals surface area contributed by atoms with Gasteiger partial charge in [0.25, 0.3) is 5.91 Å². The Bertz CT molecular complexity index is 694. The van der Waals surface area contributed by atoms with Crippen molar-refractivity contribution in [3.8, 4) is 5.75 Å². The van der Waals surface area contributed by atoms with Crippen molar-refractivity contribution in [3.63, 3.8) is 0 Å². The monoisotopic (exact) mass is 361 g/mol. The molecule has 0 radical (unpaired) electrons. The number of phenols is 1. The first-order valence-electron chi connectivity index (χ1n) is 5.33. The van der Waals surface area contributed by atoms with Crippen molar-refractivity contribution in [3.05, 3.63) is 57.0 Å². The number of rotatable bonds is 2. The molecular weight excluding hydrogens is 356 g/mol. The van der Waals surface area contributed by atoms with Crippen LogP contribution < -0.4 is 5.32 Å². The number of phenolic OH excluding ortho intramolecular Hbond substituents is 1. The first-order chi connectivity index (χ1) is 9.38. The maximum Gasteiger partial charge on any atom is 0.257 e. The van der Waals surface area contributed by atoms with Gasteiger partial charge >= 0.3 is 0 Å². The Morgan fingerprint density at radius 2 is 1.90 bits per heavy atom. The van der Waals surface area contributed by atoms with Gasteiger partial charge in [0.2, 0.25) is 0 Å². The van der Waals surface area contributed by atoms with Gasteiger partial charge in [-0.05, 0) is 40.2 Å². The molecule has 1 amide bonds. The molecule has 0 spiro atoms. The fourth-order valence-corrected chi connectivity index (χ4v) is 2.04. The molecule has 2 aromatic rings. The van der Waals surface area contributed by atoms with Crippen LogP contribution >= 0.6 is 27.5 Å². The number of carbonyl (C=O) groups excluding carboxylic acids is 1. The summed E-state index contributed by atoms with van der Waals surface area (Å²) in [4.78, 5) is 12.0. The molecule has 0 fully saturated rings. The van der Waals surface area contributed by atoms with E-state index in [1.165, 1.54) is 12.1 Å². The first kappa shape index (κ1) is 14.7. The lowest BCUT2D eigenvalue weighted by molar-refractivity contribution is 0.102. The number of anilines is 1. The van der Waals surface area contributed by atoms with Crippen LogP contribution in [0.1, 0.15) is 10.4 Å². The van der Waals surface area contributed by atoms with E-state index in [1.54, 1.807) is 0 Å². The molecule has 3 nitrogen and oxygen atoms in total. The van der Waals surface area contributed by atoms with Crippen molar-refractivity contribution in [1.29, 1.82) is 0 Å². The summed E-state index contributed by atoms with van der Waals surface area (Å²) in [5, 5.41) is 11.7. The molecule has 7 heteroatoms. The number of carbonyl (C=O) groups is 1. The summed E-state index contributed by atoms with van der Waals surface area (Å²) < 4.78 is 26.6. The number of aromatic hydroxyl groups is 1. The molecule has 0 aromatic heterocycles. The number of hydrogen-bond acceptors (Lipinski definition) is 2. The van der Waals surface area contributed by atoms with Crippen molar-refractivity contribution >= 4 is 39.1 Å². The maximum absolute atomic E-state index is 13.5. The average molecular weight is 363 g/mol. The van der Waals surface area contributed by atoms with E-state index in [4.69, 9.17) is 11.6 Å². The minimum Gasteiger partial charge on any atom is -0.508 e. The minimum atomic E-state index is -0.921. The third kappa shape index (κ3) is 3.08. The van der Waals surface area contributed by atoms with Crippen LogP contribution in [0.2, 0.25) is 5.02 Å². The van der Waals surface area contributed by atoms with Gasteiger partial charge in [-0.15, -0.1) is 0 Å². The molecule has 0 aliphatic heterocycles. The number of benzene rings is 2. The fraction of sp³-hybridized carbons (Fsp3) is 0. The van der Waals surface area contributed by atoms with E-state index in [2.05, 4.69) is 21.2 Å². The predicted octanol–water partition coefficient (Wildman–Crippen LogP) is 4.34. The zero-order valence-electron chi connectivity index (χ0n) is 9.75. The number of nitrogens with one attached hydrogen (secondary N) is 1. The molecule has 0 unspecified atom stereocenters. The largest absolute Gasteiger partial charge is 0.508 e. The first-order valence-corrected chi connectivity index (χ1v) is 6.50. The Kier molecular flexibility index (Phi) is 4.25. The standard InChI is InChI=1S/C13H7BrClF2NO2/c14-8-4-12(11(17)5-10(8)16)18-13(20)7-3-6(19)1-2-9(7)15/h1-5,19H,(H,18,20). The third-order valence-corrected chi connectivity index (χ3v) is 3.39. The van der Waals surface area contributed by atoms with Gasteiger partial charge in [0.05, 0.1) is 20.7 Å². The molecule has 20 heavy (non-hydrogen) atoms. The highest BCUT2D eigenvalue weighted by Crippen LogP contribution is 2.26. The number of hydrogen-bond donors (Lipinski definition) is 2. The summed E-state index contributed by atoms with van der Waals surface area (Å²) in [5.74, 6) is -2.57. The minimum absolute atomic E-state index is 0.0104. The molecule has 0 bridgehead atoms. The quantitative estimate of drug-likeness (QED) is 0.781. The van der Waals surface area contributed by atoms with E-state index in [9.17, 15) is 18.7 Å². The van der Waals surface area contributed by atoms with Crippen LogP contribution in [0.5, 0.6) is 5.75 Å². The third-order valence-electron chi connectivity index (χ3n) is 2.45. The predicted molar refractivity (Wildman–Crippen MR) is 75.1 cm³/mol. The molecule has 2 N–H and O–H groups in total. The van der Waals surface area contributed by atoms with E-state index in [1.807, 2.05) is 0 Å². The second-order valence-corrected chi connectivity index (χ2v) is 5.13. The highest BCUT2D eigenvalue weighted by molar-refractivity contribution is 9.10. The Morgan fingerprint density at radius 3 is 2.60 bits per heavy atom. The highest BCUT2D eigenvalue weighted by atomic mass is 79.9.